The molecule has 144 valence electrons. The van der Waals surface area contributed by atoms with E-state index in [4.69, 9.17) is 12.2 Å². The van der Waals surface area contributed by atoms with Crippen molar-refractivity contribution in [3.05, 3.63) is 27.3 Å². The normalized spacial score (nSPS) is 21.9. The van der Waals surface area contributed by atoms with Gasteiger partial charge in [-0.15, -0.1) is 11.3 Å². The van der Waals surface area contributed by atoms with Gasteiger partial charge in [0.25, 0.3) is 5.91 Å². The average Bonchev–Trinajstić information content (AvgIpc) is 3.25. The highest BCUT2D eigenvalue weighted by Gasteiger charge is 2.33. The Hall–Kier alpha value is -1.71. The summed E-state index contributed by atoms with van der Waals surface area (Å²) in [6.07, 6.45) is 4.67. The van der Waals surface area contributed by atoms with Crippen LogP contribution in [0, 0.1) is 0 Å². The van der Waals surface area contributed by atoms with Crippen LogP contribution in [-0.4, -0.2) is 56.1 Å². The summed E-state index contributed by atoms with van der Waals surface area (Å²) in [6.45, 7) is 0.851. The fourth-order valence-corrected chi connectivity index (χ4v) is 5.25. The molecule has 0 radical (unpaired) electrons. The number of thioether (sulfide) groups is 1. The van der Waals surface area contributed by atoms with Crippen LogP contribution in [0.1, 0.15) is 37.0 Å². The van der Waals surface area contributed by atoms with E-state index < -0.39 is 12.0 Å². The fraction of sp³-hybridized carbons (Fsp3) is 0.444. The molecule has 0 spiro atoms. The number of nitrogens with zero attached hydrogens (tertiary/aromatic N) is 2. The lowest BCUT2D eigenvalue weighted by Crippen LogP contribution is -2.48. The third-order valence-corrected chi connectivity index (χ3v) is 6.77. The molecule has 3 rings (SSSR count). The van der Waals surface area contributed by atoms with E-state index in [1.165, 1.54) is 21.6 Å². The zero-order valence-corrected chi connectivity index (χ0v) is 17.1. The van der Waals surface area contributed by atoms with E-state index in [2.05, 4.69) is 0 Å². The molecule has 0 aliphatic carbocycles. The molecule has 0 unspecified atom stereocenters. The minimum absolute atomic E-state index is 0.132. The minimum Gasteiger partial charge on any atom is -0.480 e. The van der Waals surface area contributed by atoms with E-state index in [0.29, 0.717) is 35.2 Å². The van der Waals surface area contributed by atoms with E-state index in [-0.39, 0.29) is 18.2 Å². The van der Waals surface area contributed by atoms with Crippen molar-refractivity contribution < 1.29 is 19.5 Å². The molecule has 27 heavy (non-hydrogen) atoms. The predicted octanol–water partition coefficient (Wildman–Crippen LogP) is 3.20. The summed E-state index contributed by atoms with van der Waals surface area (Å²) in [5.74, 6) is -1.24. The van der Waals surface area contributed by atoms with Crippen molar-refractivity contribution >= 4 is 63.5 Å². The van der Waals surface area contributed by atoms with Gasteiger partial charge in [0.05, 0.1) is 4.91 Å². The molecule has 1 aromatic rings. The van der Waals surface area contributed by atoms with Gasteiger partial charge in [0.2, 0.25) is 5.91 Å². The van der Waals surface area contributed by atoms with E-state index in [1.807, 2.05) is 23.6 Å². The number of aliphatic carboxylic acids is 1. The largest absolute Gasteiger partial charge is 0.480 e. The Labute approximate surface area is 171 Å². The quantitative estimate of drug-likeness (QED) is 0.558. The lowest BCUT2D eigenvalue weighted by Gasteiger charge is -2.33. The zero-order chi connectivity index (χ0) is 19.4. The van der Waals surface area contributed by atoms with Crippen molar-refractivity contribution in [1.82, 2.24) is 9.80 Å². The molecule has 0 bridgehead atoms. The second-order valence-corrected chi connectivity index (χ2v) is 9.04. The third kappa shape index (κ3) is 4.77. The molecule has 9 heteroatoms. The molecule has 3 heterocycles. The Bertz CT molecular complexity index is 776. The Morgan fingerprint density at radius 2 is 2.19 bits per heavy atom. The van der Waals surface area contributed by atoms with Crippen LogP contribution in [0.2, 0.25) is 0 Å². The van der Waals surface area contributed by atoms with E-state index in [9.17, 15) is 19.5 Å². The number of piperidine rings is 1. The van der Waals surface area contributed by atoms with Gasteiger partial charge in [-0.25, -0.2) is 4.79 Å². The van der Waals surface area contributed by atoms with Crippen LogP contribution in [0.25, 0.3) is 6.08 Å². The molecular formula is C18H20N2O4S3. The van der Waals surface area contributed by atoms with Crippen molar-refractivity contribution in [2.45, 2.75) is 38.1 Å². The Kier molecular flexibility index (Phi) is 6.67. The summed E-state index contributed by atoms with van der Waals surface area (Å²) in [4.78, 5) is 40.9. The molecular weight excluding hydrogens is 404 g/mol. The number of hydrogen-bond acceptors (Lipinski definition) is 6. The summed E-state index contributed by atoms with van der Waals surface area (Å²) in [5, 5.41) is 11.2. The van der Waals surface area contributed by atoms with Crippen molar-refractivity contribution in [1.29, 1.82) is 0 Å². The Morgan fingerprint density at radius 3 is 2.89 bits per heavy atom. The van der Waals surface area contributed by atoms with E-state index in [0.717, 1.165) is 17.7 Å². The summed E-state index contributed by atoms with van der Waals surface area (Å²) in [6, 6.07) is 3.14. The summed E-state index contributed by atoms with van der Waals surface area (Å²) < 4.78 is 0.497. The summed E-state index contributed by atoms with van der Waals surface area (Å²) >= 11 is 8.13. The second-order valence-electron chi connectivity index (χ2n) is 6.39. The number of thiocarbonyl (C=S) groups is 1. The van der Waals surface area contributed by atoms with Crippen LogP contribution in [0.5, 0.6) is 0 Å². The average molecular weight is 425 g/mol. The number of likely N-dealkylation sites (tertiary alicyclic amines) is 1. The van der Waals surface area contributed by atoms with E-state index in [1.54, 1.807) is 11.3 Å². The number of carboxylic acid groups (broad SMARTS) is 1. The van der Waals surface area contributed by atoms with Gasteiger partial charge in [-0.2, -0.15) is 0 Å². The van der Waals surface area contributed by atoms with Crippen molar-refractivity contribution in [3.63, 3.8) is 0 Å². The van der Waals surface area contributed by atoms with Crippen LogP contribution in [0.15, 0.2) is 22.4 Å². The maximum atomic E-state index is 12.5. The molecule has 0 aromatic carbocycles. The summed E-state index contributed by atoms with van der Waals surface area (Å²) in [5.41, 5.74) is 0. The van der Waals surface area contributed by atoms with Gasteiger partial charge >= 0.3 is 5.97 Å². The number of hydrogen-bond donors (Lipinski definition) is 1. The van der Waals surface area contributed by atoms with Crippen LogP contribution in [0.3, 0.4) is 0 Å². The first-order valence-electron chi connectivity index (χ1n) is 8.78. The van der Waals surface area contributed by atoms with Crippen molar-refractivity contribution in [2.75, 3.05) is 13.1 Å². The van der Waals surface area contributed by atoms with Crippen LogP contribution >= 0.6 is 35.3 Å². The van der Waals surface area contributed by atoms with Gasteiger partial charge in [-0.05, 0) is 43.2 Å². The van der Waals surface area contributed by atoms with E-state index >= 15 is 0 Å². The standard InChI is InChI=1S/C18H20N2O4S3/c21-15(19-8-2-1-6-13(19)17(23)24)7-3-9-20-16(22)14(27-18(20)25)11-12-5-4-10-26-12/h4-5,10-11,13H,1-3,6-9H2,(H,23,24)/b14-11-/t13-/m1/s1. The molecule has 2 fully saturated rings. The SMILES string of the molecule is O=C(O)[C@H]1CCCCN1C(=O)CCCN1C(=O)/C(=C/c2cccs2)SC1=S. The van der Waals surface area contributed by atoms with Gasteiger partial charge in [-0.3, -0.25) is 14.5 Å². The van der Waals surface area contributed by atoms with Crippen LogP contribution in [0.4, 0.5) is 0 Å². The van der Waals surface area contributed by atoms with Crippen LogP contribution < -0.4 is 0 Å². The topological polar surface area (TPSA) is 77.9 Å². The summed E-state index contributed by atoms with van der Waals surface area (Å²) in [7, 11) is 0. The first-order valence-corrected chi connectivity index (χ1v) is 10.9. The van der Waals surface area contributed by atoms with Gasteiger partial charge < -0.3 is 10.0 Å². The Balaban J connectivity index is 1.54. The van der Waals surface area contributed by atoms with Gasteiger partial charge in [0.15, 0.2) is 0 Å². The van der Waals surface area contributed by atoms with Crippen molar-refractivity contribution in [2.24, 2.45) is 0 Å². The van der Waals surface area contributed by atoms with Gasteiger partial charge in [-0.1, -0.05) is 30.0 Å². The lowest BCUT2D eigenvalue weighted by molar-refractivity contribution is -0.152. The number of rotatable bonds is 6. The minimum atomic E-state index is -0.946. The molecule has 2 aliphatic rings. The lowest BCUT2D eigenvalue weighted by atomic mass is 10.0. The highest BCUT2D eigenvalue weighted by atomic mass is 32.2. The first-order chi connectivity index (χ1) is 13.0. The maximum Gasteiger partial charge on any atom is 0.326 e. The van der Waals surface area contributed by atoms with Crippen molar-refractivity contribution in [3.8, 4) is 0 Å². The second kappa shape index (κ2) is 8.99. The number of carbonyl (C=O) groups is 3. The monoisotopic (exact) mass is 424 g/mol. The number of thiophene rings is 1. The third-order valence-electron chi connectivity index (χ3n) is 4.57. The highest BCUT2D eigenvalue weighted by molar-refractivity contribution is 8.26. The fourth-order valence-electron chi connectivity index (χ4n) is 3.21. The molecule has 0 saturated carbocycles. The molecule has 1 N–H and O–H groups in total. The molecule has 6 nitrogen and oxygen atoms in total. The molecule has 2 saturated heterocycles. The maximum absolute atomic E-state index is 12.5. The number of carbonyl (C=O) groups excluding carboxylic acids is 2. The zero-order valence-electron chi connectivity index (χ0n) is 14.6. The number of carboxylic acids is 1. The molecule has 1 aromatic heterocycles. The van der Waals surface area contributed by atoms with Gasteiger partial charge in [0.1, 0.15) is 10.4 Å². The van der Waals surface area contributed by atoms with Crippen LogP contribution in [-0.2, 0) is 14.4 Å². The van der Waals surface area contributed by atoms with Gasteiger partial charge in [0, 0.05) is 24.4 Å². The first kappa shape index (κ1) is 20.0. The molecule has 2 amide bonds. The molecule has 2 aliphatic heterocycles. The molecule has 1 atom stereocenters. The Morgan fingerprint density at radius 1 is 1.37 bits per heavy atom. The number of amides is 2. The smallest absolute Gasteiger partial charge is 0.326 e. The predicted molar refractivity (Wildman–Crippen MR) is 110 cm³/mol. The highest BCUT2D eigenvalue weighted by Crippen LogP contribution is 2.33.